The third-order valence-electron chi connectivity index (χ3n) is 3.96. The Labute approximate surface area is 116 Å². The van der Waals surface area contributed by atoms with Crippen molar-refractivity contribution in [2.45, 2.75) is 38.1 Å². The van der Waals surface area contributed by atoms with Crippen molar-refractivity contribution in [1.82, 2.24) is 9.62 Å². The van der Waals surface area contributed by atoms with Gasteiger partial charge in [-0.05, 0) is 51.1 Å². The van der Waals surface area contributed by atoms with E-state index in [0.29, 0.717) is 18.9 Å². The maximum Gasteiger partial charge on any atom is 0.214 e. The van der Waals surface area contributed by atoms with Crippen molar-refractivity contribution in [2.75, 3.05) is 39.1 Å². The van der Waals surface area contributed by atoms with Gasteiger partial charge in [0.2, 0.25) is 10.0 Å². The molecular formula is C13H26N2O3S. The van der Waals surface area contributed by atoms with E-state index in [1.54, 1.807) is 11.4 Å². The lowest BCUT2D eigenvalue weighted by molar-refractivity contribution is 0.199. The summed E-state index contributed by atoms with van der Waals surface area (Å²) in [6, 6.07) is 0.280. The molecule has 0 aromatic heterocycles. The molecule has 0 unspecified atom stereocenters. The third-order valence-corrected chi connectivity index (χ3v) is 5.93. The molecular weight excluding hydrogens is 264 g/mol. The number of hydrogen-bond acceptors (Lipinski definition) is 4. The lowest BCUT2D eigenvalue weighted by Gasteiger charge is -2.29. The Morgan fingerprint density at radius 1 is 1.21 bits per heavy atom. The van der Waals surface area contributed by atoms with Gasteiger partial charge in [0.25, 0.3) is 0 Å². The van der Waals surface area contributed by atoms with Gasteiger partial charge < -0.3 is 10.1 Å². The van der Waals surface area contributed by atoms with E-state index in [1.165, 1.54) is 0 Å². The monoisotopic (exact) mass is 290 g/mol. The van der Waals surface area contributed by atoms with Crippen LogP contribution in [0.4, 0.5) is 0 Å². The molecule has 0 amide bonds. The van der Waals surface area contributed by atoms with Crippen molar-refractivity contribution in [3.05, 3.63) is 0 Å². The molecule has 1 N–H and O–H groups in total. The maximum atomic E-state index is 12.4. The zero-order chi connectivity index (χ0) is 13.7. The van der Waals surface area contributed by atoms with E-state index >= 15 is 0 Å². The van der Waals surface area contributed by atoms with Gasteiger partial charge in [0.05, 0.1) is 5.75 Å². The van der Waals surface area contributed by atoms with E-state index in [4.69, 9.17) is 4.74 Å². The van der Waals surface area contributed by atoms with Crippen LogP contribution in [0.15, 0.2) is 0 Å². The Kier molecular flexibility index (Phi) is 5.62. The van der Waals surface area contributed by atoms with E-state index < -0.39 is 10.0 Å². The smallest absolute Gasteiger partial charge is 0.214 e. The minimum Gasteiger partial charge on any atom is -0.385 e. The van der Waals surface area contributed by atoms with Crippen LogP contribution in [0.5, 0.6) is 0 Å². The topological polar surface area (TPSA) is 58.6 Å². The summed E-state index contributed by atoms with van der Waals surface area (Å²) in [4.78, 5) is 0. The molecule has 0 spiro atoms. The zero-order valence-corrected chi connectivity index (χ0v) is 12.6. The third kappa shape index (κ3) is 4.70. The normalized spacial score (nSPS) is 22.0. The fraction of sp³-hybridized carbons (Fsp3) is 1.00. The van der Waals surface area contributed by atoms with Crippen molar-refractivity contribution < 1.29 is 13.2 Å². The van der Waals surface area contributed by atoms with Crippen LogP contribution in [-0.2, 0) is 14.8 Å². The number of rotatable bonds is 8. The van der Waals surface area contributed by atoms with Gasteiger partial charge in [-0.2, -0.15) is 4.31 Å². The molecule has 112 valence electrons. The largest absolute Gasteiger partial charge is 0.385 e. The van der Waals surface area contributed by atoms with Crippen molar-refractivity contribution >= 4 is 10.0 Å². The summed E-state index contributed by atoms with van der Waals surface area (Å²) in [6.07, 6.45) is 4.85. The first-order chi connectivity index (χ1) is 9.13. The molecule has 2 aliphatic rings. The number of piperidine rings is 1. The fourth-order valence-corrected chi connectivity index (χ4v) is 4.49. The van der Waals surface area contributed by atoms with Crippen LogP contribution >= 0.6 is 0 Å². The molecule has 5 nitrogen and oxygen atoms in total. The van der Waals surface area contributed by atoms with Gasteiger partial charge in [-0.1, -0.05) is 0 Å². The summed E-state index contributed by atoms with van der Waals surface area (Å²) >= 11 is 0. The predicted molar refractivity (Wildman–Crippen MR) is 75.6 cm³/mol. The van der Waals surface area contributed by atoms with Crippen molar-refractivity contribution in [3.63, 3.8) is 0 Å². The average Bonchev–Trinajstić information content (AvgIpc) is 3.21. The number of hydrogen-bond donors (Lipinski definition) is 1. The van der Waals surface area contributed by atoms with E-state index in [2.05, 4.69) is 5.32 Å². The summed E-state index contributed by atoms with van der Waals surface area (Å²) in [6.45, 7) is 3.28. The summed E-state index contributed by atoms with van der Waals surface area (Å²) in [5.41, 5.74) is 0. The molecule has 2 rings (SSSR count). The van der Waals surface area contributed by atoms with Crippen molar-refractivity contribution in [1.29, 1.82) is 0 Å². The van der Waals surface area contributed by atoms with Crippen LogP contribution in [-0.4, -0.2) is 57.9 Å². The molecule has 19 heavy (non-hydrogen) atoms. The van der Waals surface area contributed by atoms with Crippen LogP contribution in [0, 0.1) is 5.92 Å². The van der Waals surface area contributed by atoms with E-state index in [-0.39, 0.29) is 11.8 Å². The summed E-state index contributed by atoms with van der Waals surface area (Å²) < 4.78 is 31.6. The van der Waals surface area contributed by atoms with E-state index in [1.807, 2.05) is 0 Å². The van der Waals surface area contributed by atoms with Crippen molar-refractivity contribution in [3.8, 4) is 0 Å². The highest BCUT2D eigenvalue weighted by Gasteiger charge is 2.38. The first-order valence-corrected chi connectivity index (χ1v) is 8.93. The van der Waals surface area contributed by atoms with E-state index in [9.17, 15) is 8.42 Å². The second-order valence-electron chi connectivity index (χ2n) is 5.66. The molecule has 1 saturated carbocycles. The van der Waals surface area contributed by atoms with Gasteiger partial charge in [-0.3, -0.25) is 0 Å². The molecule has 6 heteroatoms. The number of nitrogens with zero attached hydrogens (tertiary/aromatic N) is 1. The summed E-state index contributed by atoms with van der Waals surface area (Å²) in [5.74, 6) is 0.751. The fourth-order valence-electron chi connectivity index (χ4n) is 2.67. The number of nitrogens with one attached hydrogen (secondary N) is 1. The molecule has 0 bridgehead atoms. The van der Waals surface area contributed by atoms with E-state index in [0.717, 1.165) is 45.3 Å². The number of methoxy groups -OCH3 is 1. The van der Waals surface area contributed by atoms with Gasteiger partial charge in [0, 0.05) is 26.3 Å². The summed E-state index contributed by atoms with van der Waals surface area (Å²) in [7, 11) is -1.49. The van der Waals surface area contributed by atoms with Crippen LogP contribution in [0.3, 0.4) is 0 Å². The minimum atomic E-state index is -3.10. The van der Waals surface area contributed by atoms with Crippen molar-refractivity contribution in [2.24, 2.45) is 5.92 Å². The Morgan fingerprint density at radius 2 is 1.89 bits per heavy atom. The maximum absolute atomic E-state index is 12.4. The molecule has 1 aliphatic heterocycles. The predicted octanol–water partition coefficient (Wildman–Crippen LogP) is 0.817. The van der Waals surface area contributed by atoms with Gasteiger partial charge in [0.15, 0.2) is 0 Å². The Bertz CT molecular complexity index is 362. The lowest BCUT2D eigenvalue weighted by Crippen LogP contribution is -2.41. The first kappa shape index (κ1) is 15.2. The SMILES string of the molecule is COCCCS(=O)(=O)N(CC1CCNCC1)C1CC1. The van der Waals surface area contributed by atoms with Crippen LogP contribution < -0.4 is 5.32 Å². The van der Waals surface area contributed by atoms with Crippen LogP contribution in [0.25, 0.3) is 0 Å². The quantitative estimate of drug-likeness (QED) is 0.672. The summed E-state index contributed by atoms with van der Waals surface area (Å²) in [5, 5.41) is 3.33. The molecule has 2 fully saturated rings. The molecule has 0 aromatic rings. The molecule has 1 aliphatic carbocycles. The zero-order valence-electron chi connectivity index (χ0n) is 11.8. The van der Waals surface area contributed by atoms with Gasteiger partial charge in [-0.15, -0.1) is 0 Å². The van der Waals surface area contributed by atoms with Gasteiger partial charge in [-0.25, -0.2) is 8.42 Å². The lowest BCUT2D eigenvalue weighted by atomic mass is 9.98. The highest BCUT2D eigenvalue weighted by Crippen LogP contribution is 2.31. The Balaban J connectivity index is 1.90. The standard InChI is InChI=1S/C13H26N2O3S/c1-18-9-2-10-19(16,17)15(13-3-4-13)11-12-5-7-14-8-6-12/h12-14H,2-11H2,1H3. The molecule has 1 saturated heterocycles. The number of sulfonamides is 1. The minimum absolute atomic E-state index is 0.225. The van der Waals surface area contributed by atoms with Gasteiger partial charge >= 0.3 is 0 Å². The highest BCUT2D eigenvalue weighted by molar-refractivity contribution is 7.89. The Hall–Kier alpha value is -0.170. The average molecular weight is 290 g/mol. The highest BCUT2D eigenvalue weighted by atomic mass is 32.2. The molecule has 0 aromatic carbocycles. The molecule has 0 atom stereocenters. The number of ether oxygens (including phenoxy) is 1. The Morgan fingerprint density at radius 3 is 2.47 bits per heavy atom. The first-order valence-electron chi connectivity index (χ1n) is 7.32. The second-order valence-corrected chi connectivity index (χ2v) is 7.70. The molecule has 1 heterocycles. The van der Waals surface area contributed by atoms with Gasteiger partial charge in [0.1, 0.15) is 0 Å². The van der Waals surface area contributed by atoms with Crippen LogP contribution in [0.1, 0.15) is 32.1 Å². The van der Waals surface area contributed by atoms with Crippen LogP contribution in [0.2, 0.25) is 0 Å². The molecule has 0 radical (unpaired) electrons. The second kappa shape index (κ2) is 7.02.